The summed E-state index contributed by atoms with van der Waals surface area (Å²) in [5.41, 5.74) is 8.73. The SMILES string of the molecule is C/C(=N/[N+](C)(C)C)[C@H](c1ccccc1)C1(c2ccccc2)C(c2ccccc2)=C1c1ccccc1. The predicted octanol–water partition coefficient (Wildman–Crippen LogP) is 7.41. The van der Waals surface area contributed by atoms with Crippen molar-refractivity contribution in [3.05, 3.63) is 144 Å². The summed E-state index contributed by atoms with van der Waals surface area (Å²) < 4.78 is 0.529. The monoisotopic (exact) mass is 457 g/mol. The molecule has 0 saturated heterocycles. The van der Waals surface area contributed by atoms with Crippen LogP contribution < -0.4 is 0 Å². The molecule has 2 heteroatoms. The molecule has 0 unspecified atom stereocenters. The van der Waals surface area contributed by atoms with Crippen molar-refractivity contribution < 1.29 is 4.59 Å². The molecule has 4 aromatic carbocycles. The maximum Gasteiger partial charge on any atom is 0.0923 e. The first-order valence-corrected chi connectivity index (χ1v) is 12.3. The Labute approximate surface area is 209 Å². The summed E-state index contributed by atoms with van der Waals surface area (Å²) in [4.78, 5) is 0. The van der Waals surface area contributed by atoms with Gasteiger partial charge in [-0.3, -0.25) is 0 Å². The Balaban J connectivity index is 1.84. The van der Waals surface area contributed by atoms with E-state index >= 15 is 0 Å². The van der Waals surface area contributed by atoms with Gasteiger partial charge < -0.3 is 0 Å². The average Bonchev–Trinajstić information content (AvgIpc) is 3.56. The first kappa shape index (κ1) is 23.0. The Kier molecular flexibility index (Phi) is 6.00. The molecule has 0 aromatic heterocycles. The molecule has 0 bridgehead atoms. The number of benzene rings is 4. The van der Waals surface area contributed by atoms with E-state index in [0.717, 1.165) is 5.71 Å². The molecule has 0 aliphatic heterocycles. The minimum atomic E-state index is -0.311. The summed E-state index contributed by atoms with van der Waals surface area (Å²) in [5, 5.41) is 5.20. The Morgan fingerprint density at radius 2 is 1.00 bits per heavy atom. The van der Waals surface area contributed by atoms with Crippen molar-refractivity contribution in [1.82, 2.24) is 0 Å². The molecule has 0 amide bonds. The van der Waals surface area contributed by atoms with Crippen LogP contribution in [0.3, 0.4) is 0 Å². The standard InChI is InChI=1S/C33H33N2/c1-25(34-35(2,3)4)30(26-17-9-5-10-18-26)33(29-23-15-8-16-24-29)31(27-19-11-6-12-20-27)32(33)28-21-13-7-14-22-28/h5-24,30H,1-4H3/q+1/b34-25-/t30-/m1/s1. The molecule has 4 aromatic rings. The molecule has 1 aliphatic carbocycles. The normalized spacial score (nSPS) is 16.2. The Morgan fingerprint density at radius 1 is 0.600 bits per heavy atom. The van der Waals surface area contributed by atoms with E-state index in [4.69, 9.17) is 5.10 Å². The largest absolute Gasteiger partial charge is 0.205 e. The third-order valence-corrected chi connectivity index (χ3v) is 6.77. The van der Waals surface area contributed by atoms with E-state index in [1.54, 1.807) is 0 Å². The van der Waals surface area contributed by atoms with Crippen molar-refractivity contribution in [2.45, 2.75) is 18.3 Å². The van der Waals surface area contributed by atoms with Gasteiger partial charge in [0.05, 0.1) is 32.3 Å². The Bertz CT molecular complexity index is 1300. The van der Waals surface area contributed by atoms with Crippen molar-refractivity contribution in [3.8, 4) is 0 Å². The van der Waals surface area contributed by atoms with Gasteiger partial charge in [-0.15, -0.1) is 0 Å². The fourth-order valence-electron chi connectivity index (χ4n) is 5.68. The highest BCUT2D eigenvalue weighted by molar-refractivity contribution is 6.23. The third kappa shape index (κ3) is 4.26. The molecule has 35 heavy (non-hydrogen) atoms. The maximum atomic E-state index is 5.20. The van der Waals surface area contributed by atoms with Gasteiger partial charge in [0.25, 0.3) is 0 Å². The van der Waals surface area contributed by atoms with Crippen LogP contribution in [0.15, 0.2) is 126 Å². The highest BCUT2D eigenvalue weighted by Crippen LogP contribution is 2.70. The minimum Gasteiger partial charge on any atom is -0.205 e. The summed E-state index contributed by atoms with van der Waals surface area (Å²) in [6.45, 7) is 2.20. The number of quaternary nitrogens is 1. The van der Waals surface area contributed by atoms with Gasteiger partial charge in [-0.1, -0.05) is 126 Å². The lowest BCUT2D eigenvalue weighted by Crippen LogP contribution is -2.34. The molecule has 5 rings (SSSR count). The van der Waals surface area contributed by atoms with Crippen molar-refractivity contribution in [3.63, 3.8) is 0 Å². The zero-order valence-electron chi connectivity index (χ0n) is 21.0. The predicted molar refractivity (Wildman–Crippen MR) is 148 cm³/mol. The first-order chi connectivity index (χ1) is 16.9. The van der Waals surface area contributed by atoms with Gasteiger partial charge in [-0.25, -0.2) is 4.59 Å². The van der Waals surface area contributed by atoms with Crippen molar-refractivity contribution in [2.24, 2.45) is 5.10 Å². The molecule has 174 valence electrons. The van der Waals surface area contributed by atoms with Gasteiger partial charge >= 0.3 is 0 Å². The van der Waals surface area contributed by atoms with E-state index in [1.165, 1.54) is 33.4 Å². The summed E-state index contributed by atoms with van der Waals surface area (Å²) in [6.07, 6.45) is 0. The molecular formula is C33H33N2+. The van der Waals surface area contributed by atoms with Gasteiger partial charge in [0.1, 0.15) is 0 Å². The smallest absolute Gasteiger partial charge is 0.0923 e. The van der Waals surface area contributed by atoms with E-state index in [-0.39, 0.29) is 11.3 Å². The van der Waals surface area contributed by atoms with Gasteiger partial charge in [0, 0.05) is 5.92 Å². The molecule has 0 fully saturated rings. The number of nitrogens with zero attached hydrogens (tertiary/aromatic N) is 2. The zero-order chi connectivity index (χ0) is 24.5. The van der Waals surface area contributed by atoms with E-state index in [2.05, 4.69) is 149 Å². The lowest BCUT2D eigenvalue weighted by Gasteiger charge is -2.33. The second kappa shape index (κ2) is 9.13. The zero-order valence-corrected chi connectivity index (χ0v) is 21.0. The quantitative estimate of drug-likeness (QED) is 0.156. The highest BCUT2D eigenvalue weighted by Gasteiger charge is 2.61. The molecule has 0 radical (unpaired) electrons. The highest BCUT2D eigenvalue weighted by atomic mass is 15.6. The topological polar surface area (TPSA) is 12.4 Å². The second-order valence-corrected chi connectivity index (χ2v) is 10.2. The van der Waals surface area contributed by atoms with Crippen LogP contribution in [0.2, 0.25) is 0 Å². The number of hydrogen-bond donors (Lipinski definition) is 0. The van der Waals surface area contributed by atoms with E-state index in [0.29, 0.717) is 4.59 Å². The summed E-state index contributed by atoms with van der Waals surface area (Å²) in [6, 6.07) is 43.7. The lowest BCUT2D eigenvalue weighted by molar-refractivity contribution is -0.877. The van der Waals surface area contributed by atoms with Gasteiger partial charge in [0.2, 0.25) is 0 Å². The van der Waals surface area contributed by atoms with Crippen LogP contribution in [0.4, 0.5) is 0 Å². The van der Waals surface area contributed by atoms with Gasteiger partial charge in [-0.05, 0) is 40.3 Å². The van der Waals surface area contributed by atoms with E-state index in [9.17, 15) is 0 Å². The fourth-order valence-corrected chi connectivity index (χ4v) is 5.68. The van der Waals surface area contributed by atoms with Crippen LogP contribution in [0.1, 0.15) is 35.1 Å². The molecule has 0 saturated carbocycles. The molecule has 1 aliphatic rings. The Morgan fingerprint density at radius 3 is 1.43 bits per heavy atom. The summed E-state index contributed by atoms with van der Waals surface area (Å²) >= 11 is 0. The molecule has 2 nitrogen and oxygen atoms in total. The number of rotatable bonds is 7. The molecule has 0 heterocycles. The summed E-state index contributed by atoms with van der Waals surface area (Å²) in [5.74, 6) is 0.0638. The van der Waals surface area contributed by atoms with E-state index in [1.807, 2.05) is 0 Å². The number of hydrogen-bond acceptors (Lipinski definition) is 1. The first-order valence-electron chi connectivity index (χ1n) is 12.3. The molecule has 1 atom stereocenters. The van der Waals surface area contributed by atoms with Crippen LogP contribution in [0, 0.1) is 0 Å². The van der Waals surface area contributed by atoms with Crippen LogP contribution in [-0.2, 0) is 5.41 Å². The fraction of sp³-hybridized carbons (Fsp3) is 0.182. The van der Waals surface area contributed by atoms with Crippen LogP contribution in [0.25, 0.3) is 11.1 Å². The summed E-state index contributed by atoms with van der Waals surface area (Å²) in [7, 11) is 6.37. The Hall–Kier alpha value is -3.75. The third-order valence-electron chi connectivity index (χ3n) is 6.77. The van der Waals surface area contributed by atoms with Crippen LogP contribution in [-0.4, -0.2) is 31.4 Å². The molecule has 0 N–H and O–H groups in total. The maximum absolute atomic E-state index is 5.20. The van der Waals surface area contributed by atoms with Crippen molar-refractivity contribution >= 4 is 16.9 Å². The molecular weight excluding hydrogens is 424 g/mol. The second-order valence-electron chi connectivity index (χ2n) is 10.2. The van der Waals surface area contributed by atoms with Gasteiger partial charge in [-0.2, -0.15) is 0 Å². The van der Waals surface area contributed by atoms with Crippen LogP contribution >= 0.6 is 0 Å². The van der Waals surface area contributed by atoms with Gasteiger partial charge in [0.15, 0.2) is 0 Å². The number of allylic oxidation sites excluding steroid dienone is 2. The minimum absolute atomic E-state index is 0.0638. The average molecular weight is 458 g/mol. The van der Waals surface area contributed by atoms with Crippen LogP contribution in [0.5, 0.6) is 0 Å². The van der Waals surface area contributed by atoms with E-state index < -0.39 is 0 Å². The molecule has 0 spiro atoms. The van der Waals surface area contributed by atoms with Crippen molar-refractivity contribution in [1.29, 1.82) is 0 Å². The van der Waals surface area contributed by atoms with Crippen molar-refractivity contribution in [2.75, 3.05) is 21.1 Å². The lowest BCUT2D eigenvalue weighted by atomic mass is 9.69.